The summed E-state index contributed by atoms with van der Waals surface area (Å²) in [5, 5.41) is 3.18. The highest BCUT2D eigenvalue weighted by atomic mass is 16.5. The maximum Gasteiger partial charge on any atom is 0.341 e. The Hall–Kier alpha value is -2.73. The molecular formula is C20H21NO2. The zero-order chi connectivity index (χ0) is 16.7. The van der Waals surface area contributed by atoms with Gasteiger partial charge in [-0.2, -0.15) is 0 Å². The topological polar surface area (TPSA) is 38.3 Å². The Kier molecular flexibility index (Phi) is 5.82. The summed E-state index contributed by atoms with van der Waals surface area (Å²) in [5.41, 5.74) is 4.00. The van der Waals surface area contributed by atoms with Crippen LogP contribution in [0.25, 0.3) is 0 Å². The maximum absolute atomic E-state index is 12.2. The van der Waals surface area contributed by atoms with E-state index in [2.05, 4.69) is 23.2 Å². The molecule has 0 saturated carbocycles. The van der Waals surface area contributed by atoms with Crippen LogP contribution in [-0.2, 0) is 9.53 Å². The first-order valence-electron chi connectivity index (χ1n) is 7.67. The van der Waals surface area contributed by atoms with Crippen molar-refractivity contribution in [3.63, 3.8) is 0 Å². The lowest BCUT2D eigenvalue weighted by molar-refractivity contribution is -0.142. The average molecular weight is 307 g/mol. The first-order valence-corrected chi connectivity index (χ1v) is 7.67. The zero-order valence-corrected chi connectivity index (χ0v) is 13.7. The second-order valence-electron chi connectivity index (χ2n) is 5.28. The molecule has 0 aliphatic heterocycles. The van der Waals surface area contributed by atoms with Gasteiger partial charge in [-0.25, -0.2) is 4.79 Å². The molecule has 0 heterocycles. The number of carbonyl (C=O) groups excluding carboxylic acids is 1. The summed E-state index contributed by atoms with van der Waals surface area (Å²) in [6.45, 7) is 6.16. The Labute approximate surface area is 137 Å². The predicted octanol–water partition coefficient (Wildman–Crippen LogP) is 3.70. The highest BCUT2D eigenvalue weighted by molar-refractivity contribution is 5.83. The van der Waals surface area contributed by atoms with Gasteiger partial charge < -0.3 is 10.1 Å². The van der Waals surface area contributed by atoms with Gasteiger partial charge in [0.1, 0.15) is 0 Å². The molecule has 0 aromatic heterocycles. The fraction of sp³-hybridized carbons (Fsp3) is 0.250. The monoisotopic (exact) mass is 307 g/mol. The van der Waals surface area contributed by atoms with Gasteiger partial charge >= 0.3 is 5.97 Å². The number of anilines is 1. The van der Waals surface area contributed by atoms with E-state index in [4.69, 9.17) is 4.74 Å². The van der Waals surface area contributed by atoms with Gasteiger partial charge in [-0.1, -0.05) is 47.7 Å². The molecular weight excluding hydrogens is 286 g/mol. The second kappa shape index (κ2) is 8.05. The van der Waals surface area contributed by atoms with Gasteiger partial charge in [0, 0.05) is 11.3 Å². The van der Waals surface area contributed by atoms with E-state index in [1.807, 2.05) is 56.3 Å². The van der Waals surface area contributed by atoms with E-state index in [1.54, 1.807) is 6.92 Å². The summed E-state index contributed by atoms with van der Waals surface area (Å²) < 4.78 is 5.12. The summed E-state index contributed by atoms with van der Waals surface area (Å²) in [5.74, 6) is 5.63. The van der Waals surface area contributed by atoms with Crippen LogP contribution in [0.3, 0.4) is 0 Å². The molecule has 0 saturated heterocycles. The van der Waals surface area contributed by atoms with Crippen LogP contribution in [0.5, 0.6) is 0 Å². The Morgan fingerprint density at radius 2 is 1.91 bits per heavy atom. The van der Waals surface area contributed by atoms with Crippen molar-refractivity contribution in [2.45, 2.75) is 26.8 Å². The van der Waals surface area contributed by atoms with Crippen molar-refractivity contribution in [3.05, 3.63) is 65.2 Å². The molecule has 2 rings (SSSR count). The van der Waals surface area contributed by atoms with Crippen molar-refractivity contribution in [3.8, 4) is 11.8 Å². The minimum Gasteiger partial charge on any atom is -0.464 e. The van der Waals surface area contributed by atoms with Crippen LogP contribution < -0.4 is 5.32 Å². The maximum atomic E-state index is 12.2. The van der Waals surface area contributed by atoms with Crippen LogP contribution in [0.1, 0.15) is 23.6 Å². The van der Waals surface area contributed by atoms with Crippen molar-refractivity contribution in [1.29, 1.82) is 0 Å². The first kappa shape index (κ1) is 16.6. The van der Waals surface area contributed by atoms with Gasteiger partial charge in [-0.15, -0.1) is 0 Å². The van der Waals surface area contributed by atoms with E-state index >= 15 is 0 Å². The van der Waals surface area contributed by atoms with Gasteiger partial charge in [-0.05, 0) is 44.5 Å². The normalized spacial score (nSPS) is 11.1. The average Bonchev–Trinajstić information content (AvgIpc) is 2.54. The number of carbonyl (C=O) groups is 1. The number of aryl methyl sites for hydroxylation is 2. The number of rotatable bonds is 4. The van der Waals surface area contributed by atoms with Crippen LogP contribution in [0.4, 0.5) is 5.69 Å². The Morgan fingerprint density at radius 1 is 1.17 bits per heavy atom. The van der Waals surface area contributed by atoms with Gasteiger partial charge in [0.25, 0.3) is 0 Å². The van der Waals surface area contributed by atoms with Crippen LogP contribution >= 0.6 is 0 Å². The van der Waals surface area contributed by atoms with E-state index < -0.39 is 6.04 Å². The first-order chi connectivity index (χ1) is 11.1. The fourth-order valence-electron chi connectivity index (χ4n) is 2.19. The van der Waals surface area contributed by atoms with Gasteiger partial charge in [0.15, 0.2) is 6.04 Å². The number of hydrogen-bond acceptors (Lipinski definition) is 3. The molecule has 3 nitrogen and oxygen atoms in total. The lowest BCUT2D eigenvalue weighted by Gasteiger charge is -2.15. The largest absolute Gasteiger partial charge is 0.464 e. The third-order valence-corrected chi connectivity index (χ3v) is 3.34. The van der Waals surface area contributed by atoms with Gasteiger partial charge in [-0.3, -0.25) is 0 Å². The third-order valence-electron chi connectivity index (χ3n) is 3.34. The Balaban J connectivity index is 2.24. The summed E-state index contributed by atoms with van der Waals surface area (Å²) in [6, 6.07) is 14.9. The van der Waals surface area contributed by atoms with E-state index in [9.17, 15) is 4.79 Å². The van der Waals surface area contributed by atoms with E-state index in [-0.39, 0.29) is 5.97 Å². The smallest absolute Gasteiger partial charge is 0.341 e. The standard InChI is InChI=1S/C20H21NO2/c1-4-23-20(22)19(13-11-17-8-6-5-7-9-17)21-18-12-10-15(2)14-16(18)3/h5-10,12,14,19,21H,4H2,1-3H3/t19-/m1/s1. The van der Waals surface area contributed by atoms with E-state index in [0.717, 1.165) is 16.8 Å². The third kappa shape index (κ3) is 4.89. The minimum absolute atomic E-state index is 0.330. The molecule has 2 aromatic rings. The highest BCUT2D eigenvalue weighted by Gasteiger charge is 2.17. The number of nitrogens with one attached hydrogen (secondary N) is 1. The molecule has 1 N–H and O–H groups in total. The minimum atomic E-state index is -0.698. The molecule has 0 spiro atoms. The number of hydrogen-bond donors (Lipinski definition) is 1. The summed E-state index contributed by atoms with van der Waals surface area (Å²) >= 11 is 0. The predicted molar refractivity (Wildman–Crippen MR) is 93.3 cm³/mol. The molecule has 0 bridgehead atoms. The van der Waals surface area contributed by atoms with Crippen molar-refractivity contribution < 1.29 is 9.53 Å². The molecule has 2 aromatic carbocycles. The molecule has 0 aliphatic rings. The van der Waals surface area contributed by atoms with Crippen LogP contribution in [0, 0.1) is 25.7 Å². The molecule has 0 radical (unpaired) electrons. The van der Waals surface area contributed by atoms with E-state index in [0.29, 0.717) is 6.61 Å². The lowest BCUT2D eigenvalue weighted by Crippen LogP contribution is -2.30. The van der Waals surface area contributed by atoms with Crippen molar-refractivity contribution in [2.75, 3.05) is 11.9 Å². The molecule has 118 valence electrons. The number of ether oxygens (including phenoxy) is 1. The summed E-state index contributed by atoms with van der Waals surface area (Å²) in [4.78, 5) is 12.2. The van der Waals surface area contributed by atoms with Crippen LogP contribution in [-0.4, -0.2) is 18.6 Å². The quantitative estimate of drug-likeness (QED) is 0.691. The molecule has 3 heteroatoms. The molecule has 1 atom stereocenters. The Bertz CT molecular complexity index is 726. The number of esters is 1. The molecule has 0 unspecified atom stereocenters. The zero-order valence-electron chi connectivity index (χ0n) is 13.7. The van der Waals surface area contributed by atoms with Crippen LogP contribution in [0.15, 0.2) is 48.5 Å². The van der Waals surface area contributed by atoms with Gasteiger partial charge in [0.05, 0.1) is 6.61 Å². The Morgan fingerprint density at radius 3 is 2.57 bits per heavy atom. The molecule has 0 amide bonds. The van der Waals surface area contributed by atoms with Gasteiger partial charge in [0.2, 0.25) is 0 Å². The summed E-state index contributed by atoms with van der Waals surface area (Å²) in [7, 11) is 0. The highest BCUT2D eigenvalue weighted by Crippen LogP contribution is 2.17. The molecule has 0 aliphatic carbocycles. The van der Waals surface area contributed by atoms with Crippen molar-refractivity contribution in [2.24, 2.45) is 0 Å². The summed E-state index contributed by atoms with van der Waals surface area (Å²) in [6.07, 6.45) is 0. The lowest BCUT2D eigenvalue weighted by atomic mass is 10.1. The van der Waals surface area contributed by atoms with E-state index in [1.165, 1.54) is 5.56 Å². The van der Waals surface area contributed by atoms with Crippen molar-refractivity contribution >= 4 is 11.7 Å². The second-order valence-corrected chi connectivity index (χ2v) is 5.28. The fourth-order valence-corrected chi connectivity index (χ4v) is 2.19. The van der Waals surface area contributed by atoms with Crippen LogP contribution in [0.2, 0.25) is 0 Å². The molecule has 0 fully saturated rings. The number of benzene rings is 2. The van der Waals surface area contributed by atoms with Crippen molar-refractivity contribution in [1.82, 2.24) is 0 Å². The molecule has 23 heavy (non-hydrogen) atoms. The SMILES string of the molecule is CCOC(=O)[C@@H](C#Cc1ccccc1)Nc1ccc(C)cc1C.